The topological polar surface area (TPSA) is 29.1 Å². The molecule has 1 saturated carbocycles. The van der Waals surface area contributed by atoms with Crippen LogP contribution in [0.3, 0.4) is 0 Å². The van der Waals surface area contributed by atoms with Crippen LogP contribution in [0.15, 0.2) is 0 Å². The van der Waals surface area contributed by atoms with Crippen LogP contribution in [-0.4, -0.2) is 28.3 Å². The SMILES string of the molecule is C[C@H](C[S@](C)=O)N[C@@H]1CC[C@H](C)[C@@H](C)C1. The number of hydrogen-bond acceptors (Lipinski definition) is 2. The van der Waals surface area contributed by atoms with Gasteiger partial charge in [0.2, 0.25) is 0 Å². The highest BCUT2D eigenvalue weighted by Gasteiger charge is 2.25. The number of rotatable bonds is 4. The summed E-state index contributed by atoms with van der Waals surface area (Å²) < 4.78 is 11.1. The minimum atomic E-state index is -0.678. The van der Waals surface area contributed by atoms with Crippen LogP contribution in [0.1, 0.15) is 40.0 Å². The van der Waals surface area contributed by atoms with Gasteiger partial charge in [-0.3, -0.25) is 4.21 Å². The zero-order valence-corrected chi connectivity index (χ0v) is 11.3. The first-order valence-electron chi connectivity index (χ1n) is 6.05. The molecule has 0 aromatic carbocycles. The summed E-state index contributed by atoms with van der Waals surface area (Å²) in [7, 11) is -0.678. The third kappa shape index (κ3) is 4.64. The highest BCUT2D eigenvalue weighted by molar-refractivity contribution is 7.84. The first-order valence-corrected chi connectivity index (χ1v) is 7.77. The second-order valence-corrected chi connectivity index (χ2v) is 6.75. The Morgan fingerprint density at radius 3 is 2.53 bits per heavy atom. The van der Waals surface area contributed by atoms with Crippen LogP contribution in [-0.2, 0) is 10.8 Å². The molecule has 90 valence electrons. The van der Waals surface area contributed by atoms with Gasteiger partial charge in [-0.2, -0.15) is 0 Å². The molecule has 0 unspecified atom stereocenters. The summed E-state index contributed by atoms with van der Waals surface area (Å²) in [6, 6.07) is 1.04. The zero-order valence-electron chi connectivity index (χ0n) is 10.5. The molecule has 0 aromatic rings. The van der Waals surface area contributed by atoms with Crippen molar-refractivity contribution in [2.45, 2.75) is 52.1 Å². The maximum Gasteiger partial charge on any atom is 0.0383 e. The van der Waals surface area contributed by atoms with Gasteiger partial charge < -0.3 is 5.32 Å². The van der Waals surface area contributed by atoms with Gasteiger partial charge in [-0.25, -0.2) is 0 Å². The summed E-state index contributed by atoms with van der Waals surface area (Å²) in [5.41, 5.74) is 0. The molecular weight excluding hydrogens is 206 g/mol. The van der Waals surface area contributed by atoms with Crippen molar-refractivity contribution in [2.24, 2.45) is 11.8 Å². The first-order chi connectivity index (χ1) is 6.99. The maximum atomic E-state index is 11.1. The van der Waals surface area contributed by atoms with E-state index in [4.69, 9.17) is 0 Å². The largest absolute Gasteiger partial charge is 0.311 e. The van der Waals surface area contributed by atoms with Crippen LogP contribution < -0.4 is 5.32 Å². The molecule has 1 N–H and O–H groups in total. The van der Waals surface area contributed by atoms with E-state index in [2.05, 4.69) is 26.1 Å². The fourth-order valence-corrected chi connectivity index (χ4v) is 3.30. The zero-order chi connectivity index (χ0) is 11.4. The third-order valence-electron chi connectivity index (χ3n) is 3.60. The molecule has 0 amide bonds. The first kappa shape index (κ1) is 13.2. The van der Waals surface area contributed by atoms with Gasteiger partial charge in [-0.15, -0.1) is 0 Å². The van der Waals surface area contributed by atoms with E-state index in [1.807, 2.05) is 0 Å². The average Bonchev–Trinajstić information content (AvgIpc) is 2.10. The lowest BCUT2D eigenvalue weighted by Gasteiger charge is -2.34. The van der Waals surface area contributed by atoms with Crippen LogP contribution in [0, 0.1) is 11.8 Å². The van der Waals surface area contributed by atoms with Gasteiger partial charge >= 0.3 is 0 Å². The fraction of sp³-hybridized carbons (Fsp3) is 1.00. The van der Waals surface area contributed by atoms with Crippen LogP contribution in [0.25, 0.3) is 0 Å². The maximum absolute atomic E-state index is 11.1. The van der Waals surface area contributed by atoms with E-state index in [1.165, 1.54) is 19.3 Å². The summed E-state index contributed by atoms with van der Waals surface area (Å²) in [6.45, 7) is 6.84. The molecule has 1 aliphatic rings. The monoisotopic (exact) mass is 231 g/mol. The Morgan fingerprint density at radius 2 is 2.00 bits per heavy atom. The van der Waals surface area contributed by atoms with Crippen molar-refractivity contribution in [3.63, 3.8) is 0 Å². The third-order valence-corrected chi connectivity index (χ3v) is 4.57. The molecule has 1 aliphatic carbocycles. The van der Waals surface area contributed by atoms with Crippen molar-refractivity contribution in [1.82, 2.24) is 5.32 Å². The quantitative estimate of drug-likeness (QED) is 0.803. The van der Waals surface area contributed by atoms with Crippen molar-refractivity contribution in [1.29, 1.82) is 0 Å². The molecule has 0 radical (unpaired) electrons. The molecule has 1 fully saturated rings. The Bertz CT molecular complexity index is 220. The van der Waals surface area contributed by atoms with Crippen molar-refractivity contribution in [3.8, 4) is 0 Å². The van der Waals surface area contributed by atoms with Crippen molar-refractivity contribution in [3.05, 3.63) is 0 Å². The van der Waals surface area contributed by atoms with Gasteiger partial charge in [0.05, 0.1) is 0 Å². The van der Waals surface area contributed by atoms with E-state index < -0.39 is 10.8 Å². The van der Waals surface area contributed by atoms with E-state index in [0.717, 1.165) is 17.6 Å². The summed E-state index contributed by atoms with van der Waals surface area (Å²) in [5.74, 6) is 2.48. The van der Waals surface area contributed by atoms with Gasteiger partial charge in [-0.05, 0) is 38.0 Å². The van der Waals surface area contributed by atoms with Crippen LogP contribution in [0.5, 0.6) is 0 Å². The predicted molar refractivity (Wildman–Crippen MR) is 67.5 cm³/mol. The molecule has 5 atom stereocenters. The van der Waals surface area contributed by atoms with E-state index in [-0.39, 0.29) is 0 Å². The molecule has 3 heteroatoms. The fourth-order valence-electron chi connectivity index (χ4n) is 2.50. The van der Waals surface area contributed by atoms with Gasteiger partial charge in [0.15, 0.2) is 0 Å². The lowest BCUT2D eigenvalue weighted by atomic mass is 9.79. The number of hydrogen-bond donors (Lipinski definition) is 1. The highest BCUT2D eigenvalue weighted by atomic mass is 32.2. The van der Waals surface area contributed by atoms with Gasteiger partial charge in [0.1, 0.15) is 0 Å². The van der Waals surface area contributed by atoms with Crippen molar-refractivity contribution in [2.75, 3.05) is 12.0 Å². The Morgan fingerprint density at radius 1 is 1.33 bits per heavy atom. The highest BCUT2D eigenvalue weighted by Crippen LogP contribution is 2.29. The summed E-state index contributed by atoms with van der Waals surface area (Å²) in [4.78, 5) is 0. The molecular formula is C12H25NOS. The standard InChI is InChI=1S/C12H25NOS/c1-9-5-6-12(7-10(9)2)13-11(3)8-15(4)14/h9-13H,5-8H2,1-4H3/t9-,10-,11+,12+,15-/m0/s1. The molecule has 2 nitrogen and oxygen atoms in total. The molecule has 1 rings (SSSR count). The van der Waals surface area contributed by atoms with Crippen molar-refractivity contribution >= 4 is 10.8 Å². The van der Waals surface area contributed by atoms with Crippen LogP contribution in [0.4, 0.5) is 0 Å². The molecule has 15 heavy (non-hydrogen) atoms. The lowest BCUT2D eigenvalue weighted by molar-refractivity contribution is 0.220. The van der Waals surface area contributed by atoms with E-state index in [9.17, 15) is 4.21 Å². The van der Waals surface area contributed by atoms with Gasteiger partial charge in [0.25, 0.3) is 0 Å². The van der Waals surface area contributed by atoms with Crippen LogP contribution in [0.2, 0.25) is 0 Å². The number of nitrogens with one attached hydrogen (secondary N) is 1. The summed E-state index contributed by atoms with van der Waals surface area (Å²) >= 11 is 0. The minimum absolute atomic E-state index is 0.390. The average molecular weight is 231 g/mol. The van der Waals surface area contributed by atoms with E-state index >= 15 is 0 Å². The molecule has 0 aliphatic heterocycles. The molecule has 0 aromatic heterocycles. The Kier molecular flexibility index (Phi) is 5.27. The molecule has 0 saturated heterocycles. The van der Waals surface area contributed by atoms with Crippen molar-refractivity contribution < 1.29 is 4.21 Å². The van der Waals surface area contributed by atoms with Crippen LogP contribution >= 0.6 is 0 Å². The Labute approximate surface area is 96.7 Å². The lowest BCUT2D eigenvalue weighted by Crippen LogP contribution is -2.43. The molecule has 0 spiro atoms. The predicted octanol–water partition coefficient (Wildman–Crippen LogP) is 2.17. The Balaban J connectivity index is 2.30. The smallest absolute Gasteiger partial charge is 0.0383 e. The molecule has 0 heterocycles. The van der Waals surface area contributed by atoms with E-state index in [1.54, 1.807) is 6.26 Å². The van der Waals surface area contributed by atoms with Gasteiger partial charge in [0, 0.05) is 34.9 Å². The van der Waals surface area contributed by atoms with Gasteiger partial charge in [-0.1, -0.05) is 13.8 Å². The normalized spacial score (nSPS) is 36.1. The second kappa shape index (κ2) is 6.00. The molecule has 0 bridgehead atoms. The second-order valence-electron chi connectivity index (χ2n) is 5.27. The Hall–Kier alpha value is 0.110. The summed E-state index contributed by atoms with van der Waals surface area (Å²) in [6.07, 6.45) is 5.68. The summed E-state index contributed by atoms with van der Waals surface area (Å²) in [5, 5.41) is 3.61. The van der Waals surface area contributed by atoms with E-state index in [0.29, 0.717) is 12.1 Å². The minimum Gasteiger partial charge on any atom is -0.311 e.